The van der Waals surface area contributed by atoms with Gasteiger partial charge in [0.05, 0.1) is 19.8 Å². The standard InChI is InChI=1S/C23H44N2O6Si2/c1-21(2,3)32(7,8)30-16-23(15-26,17-31-33(9,10)22(4,5)6)24-18(27)13-14-25-19(28)11-12-20(25)29/h11-12,26H,13-17H2,1-10H3,(H,24,27). The molecule has 0 aromatic heterocycles. The molecule has 190 valence electrons. The Morgan fingerprint density at radius 2 is 1.30 bits per heavy atom. The number of amides is 3. The molecule has 3 amide bonds. The van der Waals surface area contributed by atoms with Gasteiger partial charge in [0.2, 0.25) is 5.91 Å². The number of hydrogen-bond acceptors (Lipinski definition) is 6. The van der Waals surface area contributed by atoms with Gasteiger partial charge >= 0.3 is 0 Å². The van der Waals surface area contributed by atoms with E-state index in [0.29, 0.717) is 0 Å². The third-order valence-electron chi connectivity index (χ3n) is 7.20. The second-order valence-corrected chi connectivity index (χ2v) is 21.6. The van der Waals surface area contributed by atoms with E-state index in [2.05, 4.69) is 73.0 Å². The Kier molecular flexibility index (Phi) is 9.46. The molecule has 0 aromatic carbocycles. The number of carbonyl (C=O) groups excluding carboxylic acids is 3. The molecule has 0 aromatic rings. The van der Waals surface area contributed by atoms with Crippen molar-refractivity contribution in [3.8, 4) is 0 Å². The van der Waals surface area contributed by atoms with Crippen molar-refractivity contribution in [3.63, 3.8) is 0 Å². The molecular weight excluding hydrogens is 456 g/mol. The third kappa shape index (κ3) is 7.85. The molecule has 0 radical (unpaired) electrons. The largest absolute Gasteiger partial charge is 0.414 e. The predicted octanol–water partition coefficient (Wildman–Crippen LogP) is 3.19. The number of aliphatic hydroxyl groups excluding tert-OH is 1. The van der Waals surface area contributed by atoms with Gasteiger partial charge in [0.25, 0.3) is 11.8 Å². The van der Waals surface area contributed by atoms with Gasteiger partial charge in [-0.25, -0.2) is 0 Å². The Labute approximate surface area is 201 Å². The van der Waals surface area contributed by atoms with E-state index in [1.165, 1.54) is 12.2 Å². The van der Waals surface area contributed by atoms with Crippen molar-refractivity contribution in [2.45, 2.75) is 89.8 Å². The molecule has 0 fully saturated rings. The Morgan fingerprint density at radius 3 is 1.64 bits per heavy atom. The summed E-state index contributed by atoms with van der Waals surface area (Å²) in [6.45, 7) is 21.1. The molecule has 0 spiro atoms. The molecule has 0 aliphatic carbocycles. The van der Waals surface area contributed by atoms with Crippen molar-refractivity contribution < 1.29 is 28.3 Å². The molecule has 1 aliphatic heterocycles. The quantitative estimate of drug-likeness (QED) is 0.333. The Balaban J connectivity index is 3.02. The van der Waals surface area contributed by atoms with Crippen LogP contribution in [-0.2, 0) is 23.2 Å². The molecule has 33 heavy (non-hydrogen) atoms. The fourth-order valence-corrected chi connectivity index (χ4v) is 4.68. The van der Waals surface area contributed by atoms with E-state index < -0.39 is 34.0 Å². The highest BCUT2D eigenvalue weighted by molar-refractivity contribution is 6.74. The van der Waals surface area contributed by atoms with Gasteiger partial charge in [-0.05, 0) is 36.3 Å². The molecule has 0 atom stereocenters. The van der Waals surface area contributed by atoms with Gasteiger partial charge in [-0.2, -0.15) is 0 Å². The lowest BCUT2D eigenvalue weighted by molar-refractivity contribution is -0.137. The van der Waals surface area contributed by atoms with E-state index in [-0.39, 0.29) is 48.8 Å². The number of nitrogens with one attached hydrogen (secondary N) is 1. The van der Waals surface area contributed by atoms with Crippen molar-refractivity contribution in [1.82, 2.24) is 10.2 Å². The predicted molar refractivity (Wildman–Crippen MR) is 135 cm³/mol. The van der Waals surface area contributed by atoms with Crippen LogP contribution in [0.2, 0.25) is 36.3 Å². The first-order valence-corrected chi connectivity index (χ1v) is 17.3. The van der Waals surface area contributed by atoms with Crippen LogP contribution in [0.4, 0.5) is 0 Å². The van der Waals surface area contributed by atoms with Crippen LogP contribution >= 0.6 is 0 Å². The number of rotatable bonds is 11. The smallest absolute Gasteiger partial charge is 0.253 e. The molecule has 1 heterocycles. The molecule has 8 nitrogen and oxygen atoms in total. The summed E-state index contributed by atoms with van der Waals surface area (Å²) in [4.78, 5) is 37.4. The second kappa shape index (κ2) is 10.5. The molecule has 0 unspecified atom stereocenters. The summed E-state index contributed by atoms with van der Waals surface area (Å²) in [6.07, 6.45) is 2.32. The van der Waals surface area contributed by atoms with Crippen LogP contribution < -0.4 is 5.32 Å². The van der Waals surface area contributed by atoms with Gasteiger partial charge < -0.3 is 19.3 Å². The highest BCUT2D eigenvalue weighted by atomic mass is 28.4. The Morgan fingerprint density at radius 1 is 0.909 bits per heavy atom. The van der Waals surface area contributed by atoms with Gasteiger partial charge in [0.1, 0.15) is 5.54 Å². The highest BCUT2D eigenvalue weighted by Gasteiger charge is 2.44. The lowest BCUT2D eigenvalue weighted by Crippen LogP contribution is -2.62. The maximum absolute atomic E-state index is 12.9. The summed E-state index contributed by atoms with van der Waals surface area (Å²) in [6, 6.07) is 0. The molecule has 1 rings (SSSR count). The van der Waals surface area contributed by atoms with Crippen LogP contribution in [0, 0.1) is 0 Å². The molecule has 0 saturated heterocycles. The minimum atomic E-state index is -2.16. The molecule has 0 bridgehead atoms. The van der Waals surface area contributed by atoms with Crippen molar-refractivity contribution in [3.05, 3.63) is 12.2 Å². The summed E-state index contributed by atoms with van der Waals surface area (Å²) >= 11 is 0. The summed E-state index contributed by atoms with van der Waals surface area (Å²) in [5.41, 5.74) is -1.13. The fourth-order valence-electron chi connectivity index (χ4n) is 2.54. The van der Waals surface area contributed by atoms with Crippen LogP contribution in [0.25, 0.3) is 0 Å². The molecule has 1 aliphatic rings. The van der Waals surface area contributed by atoms with Crippen molar-refractivity contribution in [2.75, 3.05) is 26.4 Å². The van der Waals surface area contributed by atoms with Crippen LogP contribution in [-0.4, -0.2) is 76.3 Å². The van der Waals surface area contributed by atoms with Crippen LogP contribution in [0.1, 0.15) is 48.0 Å². The maximum atomic E-state index is 12.9. The van der Waals surface area contributed by atoms with Crippen molar-refractivity contribution >= 4 is 34.4 Å². The van der Waals surface area contributed by atoms with E-state index in [9.17, 15) is 19.5 Å². The number of imide groups is 1. The van der Waals surface area contributed by atoms with Crippen LogP contribution in [0.5, 0.6) is 0 Å². The van der Waals surface area contributed by atoms with Gasteiger partial charge in [0.15, 0.2) is 16.6 Å². The highest BCUT2D eigenvalue weighted by Crippen LogP contribution is 2.38. The average molecular weight is 501 g/mol. The van der Waals surface area contributed by atoms with Gasteiger partial charge in [-0.15, -0.1) is 0 Å². The minimum Gasteiger partial charge on any atom is -0.414 e. The monoisotopic (exact) mass is 500 g/mol. The SMILES string of the molecule is CC(C)(C)[Si](C)(C)OCC(CO)(CO[Si](C)(C)C(C)(C)C)NC(=O)CCN1C(=O)C=CC1=O. The second-order valence-electron chi connectivity index (χ2n) is 12.0. The summed E-state index contributed by atoms with van der Waals surface area (Å²) in [5, 5.41) is 13.3. The lowest BCUT2D eigenvalue weighted by atomic mass is 10.0. The zero-order chi connectivity index (χ0) is 25.9. The Hall–Kier alpha value is -1.34. The summed E-state index contributed by atoms with van der Waals surface area (Å²) < 4.78 is 12.8. The number of carbonyl (C=O) groups is 3. The normalized spacial score (nSPS) is 16.0. The summed E-state index contributed by atoms with van der Waals surface area (Å²) in [5.74, 6) is -1.23. The van der Waals surface area contributed by atoms with E-state index >= 15 is 0 Å². The van der Waals surface area contributed by atoms with Crippen molar-refractivity contribution in [1.29, 1.82) is 0 Å². The van der Waals surface area contributed by atoms with Crippen molar-refractivity contribution in [2.24, 2.45) is 0 Å². The van der Waals surface area contributed by atoms with Gasteiger partial charge in [-0.1, -0.05) is 41.5 Å². The van der Waals surface area contributed by atoms with Crippen LogP contribution in [0.15, 0.2) is 12.2 Å². The van der Waals surface area contributed by atoms with Crippen LogP contribution in [0.3, 0.4) is 0 Å². The maximum Gasteiger partial charge on any atom is 0.253 e. The summed E-state index contributed by atoms with van der Waals surface area (Å²) in [7, 11) is -4.33. The molecule has 2 N–H and O–H groups in total. The fraction of sp³-hybridized carbons (Fsp3) is 0.783. The lowest BCUT2D eigenvalue weighted by Gasteiger charge is -2.43. The molecule has 10 heteroatoms. The van der Waals surface area contributed by atoms with Gasteiger partial charge in [-0.3, -0.25) is 19.3 Å². The van der Waals surface area contributed by atoms with E-state index in [0.717, 1.165) is 4.90 Å². The zero-order valence-corrected chi connectivity index (χ0v) is 24.1. The first-order chi connectivity index (χ1) is 14.8. The van der Waals surface area contributed by atoms with E-state index in [4.69, 9.17) is 8.85 Å². The first kappa shape index (κ1) is 29.7. The zero-order valence-electron chi connectivity index (χ0n) is 22.1. The number of aliphatic hydroxyl groups is 1. The first-order valence-electron chi connectivity index (χ1n) is 11.5. The Bertz CT molecular complexity index is 718. The molecular formula is C23H44N2O6Si2. The number of nitrogens with zero attached hydrogens (tertiary/aromatic N) is 1. The molecule has 0 saturated carbocycles. The topological polar surface area (TPSA) is 105 Å². The van der Waals surface area contributed by atoms with E-state index in [1.54, 1.807) is 0 Å². The van der Waals surface area contributed by atoms with Gasteiger partial charge in [0, 0.05) is 25.1 Å². The average Bonchev–Trinajstić information content (AvgIpc) is 2.98. The minimum absolute atomic E-state index is 0.0236. The third-order valence-corrected chi connectivity index (χ3v) is 16.2. The number of hydrogen-bond donors (Lipinski definition) is 2. The van der Waals surface area contributed by atoms with E-state index in [1.807, 2.05) is 0 Å².